The van der Waals surface area contributed by atoms with Crippen LogP contribution in [0.4, 0.5) is 13.2 Å². The molecule has 4 rings (SSSR count). The summed E-state index contributed by atoms with van der Waals surface area (Å²) in [6, 6.07) is 20.2. The number of aromatic nitrogens is 1. The average Bonchev–Trinajstić information content (AvgIpc) is 3.32. The SMILES string of the molecule is Cc1cccc(C(Cc2ccccc2)(NC(=O)CC2CCCC2)c2cccc(C(F)(F)F)c2)n1. The molecule has 0 bridgehead atoms. The molecule has 0 spiro atoms. The van der Waals surface area contributed by atoms with Gasteiger partial charge in [-0.2, -0.15) is 13.2 Å². The lowest BCUT2D eigenvalue weighted by atomic mass is 9.79. The maximum atomic E-state index is 13.7. The summed E-state index contributed by atoms with van der Waals surface area (Å²) in [5, 5.41) is 3.18. The lowest BCUT2D eigenvalue weighted by molar-refractivity contribution is -0.137. The first-order chi connectivity index (χ1) is 16.3. The van der Waals surface area contributed by atoms with E-state index in [9.17, 15) is 18.0 Å². The van der Waals surface area contributed by atoms with Crippen molar-refractivity contribution >= 4 is 5.91 Å². The lowest BCUT2D eigenvalue weighted by Gasteiger charge is -2.36. The fourth-order valence-corrected chi connectivity index (χ4v) is 4.93. The van der Waals surface area contributed by atoms with Crippen LogP contribution in [-0.4, -0.2) is 10.9 Å². The fourth-order valence-electron chi connectivity index (χ4n) is 4.93. The zero-order valence-electron chi connectivity index (χ0n) is 19.2. The molecule has 1 amide bonds. The monoisotopic (exact) mass is 466 g/mol. The van der Waals surface area contributed by atoms with Crippen molar-refractivity contribution in [2.24, 2.45) is 5.92 Å². The van der Waals surface area contributed by atoms with Crippen LogP contribution in [0.1, 0.15) is 60.2 Å². The highest BCUT2D eigenvalue weighted by Crippen LogP contribution is 2.37. The van der Waals surface area contributed by atoms with E-state index in [1.54, 1.807) is 12.1 Å². The van der Waals surface area contributed by atoms with Crippen LogP contribution >= 0.6 is 0 Å². The number of rotatable bonds is 7. The molecular weight excluding hydrogens is 437 g/mol. The third kappa shape index (κ3) is 5.49. The van der Waals surface area contributed by atoms with Crippen LogP contribution in [0.2, 0.25) is 0 Å². The molecule has 178 valence electrons. The Balaban J connectivity index is 1.86. The van der Waals surface area contributed by atoms with Gasteiger partial charge in [-0.3, -0.25) is 9.78 Å². The van der Waals surface area contributed by atoms with Crippen LogP contribution < -0.4 is 5.32 Å². The molecule has 1 fully saturated rings. The molecule has 2 aromatic carbocycles. The summed E-state index contributed by atoms with van der Waals surface area (Å²) in [5.41, 5.74) is 0.514. The smallest absolute Gasteiger partial charge is 0.341 e. The minimum atomic E-state index is -4.50. The number of halogens is 3. The topological polar surface area (TPSA) is 42.0 Å². The minimum Gasteiger partial charge on any atom is -0.341 e. The van der Waals surface area contributed by atoms with Crippen molar-refractivity contribution in [3.05, 3.63) is 101 Å². The van der Waals surface area contributed by atoms with E-state index in [2.05, 4.69) is 5.32 Å². The second-order valence-electron chi connectivity index (χ2n) is 9.21. The second-order valence-corrected chi connectivity index (χ2v) is 9.21. The summed E-state index contributed by atoms with van der Waals surface area (Å²) in [5.74, 6) is 0.143. The Morgan fingerprint density at radius 2 is 1.62 bits per heavy atom. The summed E-state index contributed by atoms with van der Waals surface area (Å²) in [4.78, 5) is 18.1. The lowest BCUT2D eigenvalue weighted by Crippen LogP contribution is -2.49. The van der Waals surface area contributed by atoms with E-state index in [0.29, 0.717) is 23.6 Å². The van der Waals surface area contributed by atoms with Crippen LogP contribution in [-0.2, 0) is 22.9 Å². The molecular formula is C28H29F3N2O. The number of carbonyl (C=O) groups is 1. The summed E-state index contributed by atoms with van der Waals surface area (Å²) >= 11 is 0. The third-order valence-corrected chi connectivity index (χ3v) is 6.62. The van der Waals surface area contributed by atoms with Crippen LogP contribution in [0.25, 0.3) is 0 Å². The third-order valence-electron chi connectivity index (χ3n) is 6.62. The van der Waals surface area contributed by atoms with Gasteiger partial charge in [0.2, 0.25) is 5.91 Å². The summed E-state index contributed by atoms with van der Waals surface area (Å²) in [6.45, 7) is 1.84. The molecule has 1 saturated carbocycles. The first-order valence-electron chi connectivity index (χ1n) is 11.7. The molecule has 1 aliphatic rings. The van der Waals surface area contributed by atoms with Crippen molar-refractivity contribution in [3.8, 4) is 0 Å². The molecule has 0 radical (unpaired) electrons. The van der Waals surface area contributed by atoms with Crippen molar-refractivity contribution < 1.29 is 18.0 Å². The predicted molar refractivity (Wildman–Crippen MR) is 126 cm³/mol. The van der Waals surface area contributed by atoms with E-state index in [1.807, 2.05) is 49.4 Å². The van der Waals surface area contributed by atoms with Crippen LogP contribution in [0.5, 0.6) is 0 Å². The highest BCUT2D eigenvalue weighted by Gasteiger charge is 2.40. The highest BCUT2D eigenvalue weighted by molar-refractivity contribution is 5.78. The highest BCUT2D eigenvalue weighted by atomic mass is 19.4. The van der Waals surface area contributed by atoms with E-state index in [-0.39, 0.29) is 12.3 Å². The first kappa shape index (κ1) is 24.0. The maximum absolute atomic E-state index is 13.7. The van der Waals surface area contributed by atoms with Crippen molar-refractivity contribution in [3.63, 3.8) is 0 Å². The molecule has 3 nitrogen and oxygen atoms in total. The van der Waals surface area contributed by atoms with Gasteiger partial charge in [0.25, 0.3) is 0 Å². The van der Waals surface area contributed by atoms with Crippen molar-refractivity contribution in [2.45, 2.75) is 57.2 Å². The van der Waals surface area contributed by atoms with E-state index < -0.39 is 17.3 Å². The molecule has 1 aliphatic carbocycles. The minimum absolute atomic E-state index is 0.163. The molecule has 6 heteroatoms. The number of nitrogens with one attached hydrogen (secondary N) is 1. The molecule has 1 unspecified atom stereocenters. The van der Waals surface area contributed by atoms with Gasteiger partial charge in [-0.15, -0.1) is 0 Å². The number of benzene rings is 2. The summed E-state index contributed by atoms with van der Waals surface area (Å²) in [7, 11) is 0. The molecule has 1 aromatic heterocycles. The summed E-state index contributed by atoms with van der Waals surface area (Å²) in [6.07, 6.45) is 0.378. The van der Waals surface area contributed by atoms with Gasteiger partial charge in [-0.1, -0.05) is 61.4 Å². The van der Waals surface area contributed by atoms with E-state index in [0.717, 1.165) is 49.1 Å². The van der Waals surface area contributed by atoms with Gasteiger partial charge in [0, 0.05) is 18.5 Å². The zero-order valence-corrected chi connectivity index (χ0v) is 19.2. The first-order valence-corrected chi connectivity index (χ1v) is 11.7. The van der Waals surface area contributed by atoms with Crippen LogP contribution in [0, 0.1) is 12.8 Å². The van der Waals surface area contributed by atoms with Crippen molar-refractivity contribution in [1.82, 2.24) is 10.3 Å². The molecule has 1 atom stereocenters. The van der Waals surface area contributed by atoms with Crippen molar-refractivity contribution in [1.29, 1.82) is 0 Å². The summed E-state index contributed by atoms with van der Waals surface area (Å²) < 4.78 is 41.0. The average molecular weight is 467 g/mol. The maximum Gasteiger partial charge on any atom is 0.416 e. The van der Waals surface area contributed by atoms with E-state index >= 15 is 0 Å². The standard InChI is InChI=1S/C28H29F3N2O/c1-20-9-7-16-25(32-20)27(19-22-12-3-2-4-13-22,33-26(34)17-21-10-5-6-11-21)23-14-8-15-24(18-23)28(29,30)31/h2-4,7-9,12-16,18,21H,5-6,10-11,17,19H2,1H3,(H,33,34). The number of pyridine rings is 1. The Kier molecular flexibility index (Phi) is 7.05. The fraction of sp³-hybridized carbons (Fsp3) is 0.357. The van der Waals surface area contributed by atoms with Gasteiger partial charge in [-0.25, -0.2) is 0 Å². The van der Waals surface area contributed by atoms with Gasteiger partial charge in [-0.05, 0) is 61.1 Å². The van der Waals surface area contributed by atoms with E-state index in [4.69, 9.17) is 4.98 Å². The Hall–Kier alpha value is -3.15. The zero-order chi connectivity index (χ0) is 24.2. The Labute approximate surface area is 198 Å². The number of amides is 1. The van der Waals surface area contributed by atoms with E-state index in [1.165, 1.54) is 6.07 Å². The Morgan fingerprint density at radius 1 is 0.941 bits per heavy atom. The second kappa shape index (κ2) is 10.00. The molecule has 0 saturated heterocycles. The molecule has 1 heterocycles. The van der Waals surface area contributed by atoms with Crippen molar-refractivity contribution in [2.75, 3.05) is 0 Å². The van der Waals surface area contributed by atoms with Gasteiger partial charge >= 0.3 is 6.18 Å². The van der Waals surface area contributed by atoms with Crippen LogP contribution in [0.3, 0.4) is 0 Å². The largest absolute Gasteiger partial charge is 0.416 e. The molecule has 1 N–H and O–H groups in total. The van der Waals surface area contributed by atoms with Gasteiger partial charge in [0.05, 0.1) is 11.3 Å². The van der Waals surface area contributed by atoms with Gasteiger partial charge < -0.3 is 5.32 Å². The molecule has 34 heavy (non-hydrogen) atoms. The number of carbonyl (C=O) groups excluding carboxylic acids is 1. The molecule has 3 aromatic rings. The Morgan fingerprint density at radius 3 is 2.29 bits per heavy atom. The normalized spacial score (nSPS) is 16.2. The quantitative estimate of drug-likeness (QED) is 0.427. The van der Waals surface area contributed by atoms with Gasteiger partial charge in [0.1, 0.15) is 5.54 Å². The number of alkyl halides is 3. The number of nitrogens with zero attached hydrogens (tertiary/aromatic N) is 1. The predicted octanol–water partition coefficient (Wildman–Crippen LogP) is 6.59. The number of aryl methyl sites for hydroxylation is 1. The van der Waals surface area contributed by atoms with Gasteiger partial charge in [0.15, 0.2) is 0 Å². The number of hydrogen-bond donors (Lipinski definition) is 1. The number of hydrogen-bond acceptors (Lipinski definition) is 2. The Bertz CT molecular complexity index is 1120. The molecule has 0 aliphatic heterocycles. The van der Waals surface area contributed by atoms with Crippen LogP contribution in [0.15, 0.2) is 72.8 Å².